The van der Waals surface area contributed by atoms with E-state index in [1.54, 1.807) is 0 Å². The van der Waals surface area contributed by atoms with Crippen LogP contribution < -0.4 is 10.6 Å². The maximum atomic E-state index is 11.9. The molecule has 4 bridgehead atoms. The van der Waals surface area contributed by atoms with Gasteiger partial charge in [0.2, 0.25) is 0 Å². The lowest BCUT2D eigenvalue weighted by Crippen LogP contribution is -2.61. The fourth-order valence-corrected chi connectivity index (χ4v) is 4.73. The molecule has 0 aromatic rings. The summed E-state index contributed by atoms with van der Waals surface area (Å²) in [6.07, 6.45) is 7.81. The van der Waals surface area contributed by atoms with Gasteiger partial charge in [-0.25, -0.2) is 4.79 Å². The second-order valence-electron chi connectivity index (χ2n) is 6.56. The maximum Gasteiger partial charge on any atom is 0.319 e. The van der Waals surface area contributed by atoms with Crippen LogP contribution >= 0.6 is 0 Å². The number of hydrogen-bond acceptors (Lipinski definition) is 1. The number of carbonyl (C=O) groups excluding carboxylic acids is 1. The average Bonchev–Trinajstić information content (AvgIpc) is 2.11. The lowest BCUT2D eigenvalue weighted by atomic mass is 9.53. The molecule has 4 rings (SSSR count). The molecule has 4 fully saturated rings. The van der Waals surface area contributed by atoms with E-state index in [1.165, 1.54) is 38.5 Å². The highest BCUT2D eigenvalue weighted by molar-refractivity contribution is 5.76. The highest BCUT2D eigenvalue weighted by Crippen LogP contribution is 2.55. The van der Waals surface area contributed by atoms with Crippen molar-refractivity contribution in [3.8, 4) is 0 Å². The molecule has 0 unspecified atom stereocenters. The average molecular weight is 234 g/mol. The zero-order valence-corrected chi connectivity index (χ0v) is 10.6. The van der Waals surface area contributed by atoms with Crippen LogP contribution in [0.3, 0.4) is 0 Å². The van der Waals surface area contributed by atoms with E-state index in [0.29, 0.717) is 5.70 Å². The monoisotopic (exact) mass is 234 g/mol. The predicted octanol–water partition coefficient (Wildman–Crippen LogP) is 2.79. The standard InChI is InChI=1S/C14H22N2O/c1-9(2)15-13(17)16-14-6-10-3-11(7-14)5-12(4-10)8-14/h10-12H,1,3-8H2,2H3,(H2,15,16,17). The zero-order valence-electron chi connectivity index (χ0n) is 10.6. The van der Waals surface area contributed by atoms with Gasteiger partial charge < -0.3 is 10.6 Å². The van der Waals surface area contributed by atoms with E-state index in [2.05, 4.69) is 17.2 Å². The van der Waals surface area contributed by atoms with E-state index in [9.17, 15) is 4.79 Å². The number of nitrogens with one attached hydrogen (secondary N) is 2. The van der Waals surface area contributed by atoms with Crippen molar-refractivity contribution in [1.82, 2.24) is 10.6 Å². The summed E-state index contributed by atoms with van der Waals surface area (Å²) in [6.45, 7) is 5.54. The molecule has 0 heterocycles. The third kappa shape index (κ3) is 2.07. The van der Waals surface area contributed by atoms with Gasteiger partial charge in [0.15, 0.2) is 0 Å². The van der Waals surface area contributed by atoms with Crippen molar-refractivity contribution in [2.45, 2.75) is 51.0 Å². The van der Waals surface area contributed by atoms with Crippen LogP contribution in [-0.4, -0.2) is 11.6 Å². The summed E-state index contributed by atoms with van der Waals surface area (Å²) in [6, 6.07) is -0.0561. The molecule has 4 aliphatic rings. The minimum atomic E-state index is -0.0561. The molecule has 0 spiro atoms. The lowest BCUT2D eigenvalue weighted by Gasteiger charge is -2.56. The van der Waals surface area contributed by atoms with E-state index in [1.807, 2.05) is 6.92 Å². The smallest absolute Gasteiger partial charge is 0.319 e. The van der Waals surface area contributed by atoms with Gasteiger partial charge in [0.1, 0.15) is 0 Å². The summed E-state index contributed by atoms with van der Waals surface area (Å²) in [7, 11) is 0. The van der Waals surface area contributed by atoms with Gasteiger partial charge in [-0.05, 0) is 63.2 Å². The van der Waals surface area contributed by atoms with Gasteiger partial charge in [-0.15, -0.1) is 0 Å². The Hall–Kier alpha value is -0.990. The molecule has 0 radical (unpaired) electrons. The first-order chi connectivity index (χ1) is 8.05. The Kier molecular flexibility index (Phi) is 2.46. The van der Waals surface area contributed by atoms with Crippen LogP contribution in [0.15, 0.2) is 12.3 Å². The van der Waals surface area contributed by atoms with E-state index in [-0.39, 0.29) is 11.6 Å². The molecular formula is C14H22N2O. The first kappa shape index (κ1) is 11.1. The molecule has 94 valence electrons. The van der Waals surface area contributed by atoms with Crippen LogP contribution in [0.1, 0.15) is 45.4 Å². The van der Waals surface area contributed by atoms with Crippen molar-refractivity contribution < 1.29 is 4.79 Å². The van der Waals surface area contributed by atoms with E-state index in [0.717, 1.165) is 17.8 Å². The van der Waals surface area contributed by atoms with Gasteiger partial charge in [-0.2, -0.15) is 0 Å². The quantitative estimate of drug-likeness (QED) is 0.758. The molecular weight excluding hydrogens is 212 g/mol. The highest BCUT2D eigenvalue weighted by Gasteiger charge is 2.51. The molecule has 0 saturated heterocycles. The molecule has 0 atom stereocenters. The SMILES string of the molecule is C=C(C)NC(=O)NC12CC3CC(CC(C3)C1)C2. The van der Waals surface area contributed by atoms with Crippen LogP contribution in [0.25, 0.3) is 0 Å². The molecule has 4 saturated carbocycles. The zero-order chi connectivity index (χ0) is 12.0. The largest absolute Gasteiger partial charge is 0.332 e. The summed E-state index contributed by atoms with van der Waals surface area (Å²) < 4.78 is 0. The van der Waals surface area contributed by atoms with E-state index in [4.69, 9.17) is 0 Å². The summed E-state index contributed by atoms with van der Waals surface area (Å²) in [5.74, 6) is 2.60. The number of urea groups is 1. The predicted molar refractivity (Wildman–Crippen MR) is 67.4 cm³/mol. The fourth-order valence-electron chi connectivity index (χ4n) is 4.73. The minimum absolute atomic E-state index is 0.0561. The fraction of sp³-hybridized carbons (Fsp3) is 0.786. The maximum absolute atomic E-state index is 11.9. The first-order valence-electron chi connectivity index (χ1n) is 6.79. The molecule has 17 heavy (non-hydrogen) atoms. The normalized spacial score (nSPS) is 42.3. The van der Waals surface area contributed by atoms with Gasteiger partial charge in [0, 0.05) is 11.2 Å². The Balaban J connectivity index is 1.70. The first-order valence-corrected chi connectivity index (χ1v) is 6.79. The van der Waals surface area contributed by atoms with Crippen LogP contribution in [0.5, 0.6) is 0 Å². The van der Waals surface area contributed by atoms with E-state index < -0.39 is 0 Å². The van der Waals surface area contributed by atoms with Gasteiger partial charge in [-0.3, -0.25) is 0 Å². The minimum Gasteiger partial charge on any atom is -0.332 e. The molecule has 3 heteroatoms. The van der Waals surface area contributed by atoms with Crippen LogP contribution in [0.2, 0.25) is 0 Å². The summed E-state index contributed by atoms with van der Waals surface area (Å²) in [5.41, 5.74) is 0.820. The van der Waals surface area contributed by atoms with E-state index >= 15 is 0 Å². The van der Waals surface area contributed by atoms with Crippen molar-refractivity contribution in [3.05, 3.63) is 12.3 Å². The highest BCUT2D eigenvalue weighted by atomic mass is 16.2. The van der Waals surface area contributed by atoms with Crippen LogP contribution in [-0.2, 0) is 0 Å². The number of rotatable bonds is 2. The van der Waals surface area contributed by atoms with Crippen molar-refractivity contribution in [1.29, 1.82) is 0 Å². The molecule has 0 aliphatic heterocycles. The molecule has 3 nitrogen and oxygen atoms in total. The molecule has 0 aromatic heterocycles. The number of hydrogen-bond donors (Lipinski definition) is 2. The Bertz CT molecular complexity index is 326. The lowest BCUT2D eigenvalue weighted by molar-refractivity contribution is -0.0133. The van der Waals surface area contributed by atoms with Gasteiger partial charge >= 0.3 is 6.03 Å². The number of allylic oxidation sites excluding steroid dienone is 1. The summed E-state index contributed by atoms with van der Waals surface area (Å²) in [5, 5.41) is 6.02. The Morgan fingerprint density at radius 2 is 1.59 bits per heavy atom. The Morgan fingerprint density at radius 1 is 1.12 bits per heavy atom. The second kappa shape index (κ2) is 3.76. The Labute approximate surface area is 103 Å². The topological polar surface area (TPSA) is 41.1 Å². The van der Waals surface area contributed by atoms with Gasteiger partial charge in [0.05, 0.1) is 0 Å². The van der Waals surface area contributed by atoms with Crippen molar-refractivity contribution >= 4 is 6.03 Å². The number of carbonyl (C=O) groups is 1. The third-order valence-corrected chi connectivity index (χ3v) is 4.74. The third-order valence-electron chi connectivity index (χ3n) is 4.74. The molecule has 2 N–H and O–H groups in total. The second-order valence-corrected chi connectivity index (χ2v) is 6.56. The van der Waals surface area contributed by atoms with Crippen LogP contribution in [0.4, 0.5) is 4.79 Å². The summed E-state index contributed by atoms with van der Waals surface area (Å²) >= 11 is 0. The molecule has 0 aromatic carbocycles. The van der Waals surface area contributed by atoms with Crippen LogP contribution in [0, 0.1) is 17.8 Å². The Morgan fingerprint density at radius 3 is 2.00 bits per heavy atom. The molecule has 4 aliphatic carbocycles. The van der Waals surface area contributed by atoms with Crippen molar-refractivity contribution in [2.75, 3.05) is 0 Å². The van der Waals surface area contributed by atoms with Gasteiger partial charge in [-0.1, -0.05) is 6.58 Å². The summed E-state index contributed by atoms with van der Waals surface area (Å²) in [4.78, 5) is 11.9. The van der Waals surface area contributed by atoms with Crippen molar-refractivity contribution in [2.24, 2.45) is 17.8 Å². The molecule has 2 amide bonds. The van der Waals surface area contributed by atoms with Gasteiger partial charge in [0.25, 0.3) is 0 Å². The number of amides is 2. The van der Waals surface area contributed by atoms with Crippen molar-refractivity contribution in [3.63, 3.8) is 0 Å².